The first-order valence-electron chi connectivity index (χ1n) is 15.5. The van der Waals surface area contributed by atoms with Crippen molar-refractivity contribution < 1.29 is 42.1 Å². The number of hydrogen-bond donors (Lipinski definition) is 2. The fourth-order valence-corrected chi connectivity index (χ4v) is 8.42. The number of fused-ring (bicyclic) bond motifs is 1. The molecule has 0 radical (unpaired) electrons. The second-order valence-corrected chi connectivity index (χ2v) is 13.8. The number of aliphatic hydroxyl groups excluding tert-OH is 1. The zero-order valence-electron chi connectivity index (χ0n) is 26.5. The van der Waals surface area contributed by atoms with Gasteiger partial charge in [-0.15, -0.1) is 0 Å². The van der Waals surface area contributed by atoms with E-state index in [1.807, 2.05) is 6.92 Å². The topological polar surface area (TPSA) is 89.1 Å². The predicted octanol–water partition coefficient (Wildman–Crippen LogP) is 8.05. The van der Waals surface area contributed by atoms with Crippen LogP contribution in [0.2, 0.25) is 0 Å². The number of carbonyl (C=O) groups is 1. The van der Waals surface area contributed by atoms with E-state index in [2.05, 4.69) is 20.8 Å². The van der Waals surface area contributed by atoms with Crippen LogP contribution >= 0.6 is 0 Å². The summed E-state index contributed by atoms with van der Waals surface area (Å²) >= 11 is 0. The van der Waals surface area contributed by atoms with Crippen LogP contribution in [0.3, 0.4) is 0 Å². The molecule has 44 heavy (non-hydrogen) atoms. The molecule has 1 aromatic heterocycles. The highest BCUT2D eigenvalue weighted by Gasteiger charge is 2.64. The Morgan fingerprint density at radius 1 is 1.11 bits per heavy atom. The number of rotatable bonds is 11. The average Bonchev–Trinajstić information content (AvgIpc) is 3.48. The number of halogens is 3. The molecule has 1 heterocycles. The van der Waals surface area contributed by atoms with E-state index >= 15 is 0 Å². The van der Waals surface area contributed by atoms with Crippen LogP contribution < -0.4 is 0 Å². The lowest BCUT2D eigenvalue weighted by Crippen LogP contribution is -2.57. The summed E-state index contributed by atoms with van der Waals surface area (Å²) in [5, 5.41) is 21.8. The number of esters is 1. The number of carbonyl (C=O) groups excluding carboxylic acids is 1. The van der Waals surface area contributed by atoms with Crippen molar-refractivity contribution >= 4 is 5.97 Å². The van der Waals surface area contributed by atoms with Crippen LogP contribution in [0.4, 0.5) is 13.2 Å². The number of furan rings is 1. The molecule has 2 aliphatic carbocycles. The van der Waals surface area contributed by atoms with Crippen LogP contribution in [0.1, 0.15) is 96.3 Å². The Kier molecular flexibility index (Phi) is 10.1. The maximum Gasteiger partial charge on any atom is 0.432 e. The van der Waals surface area contributed by atoms with Gasteiger partial charge in [-0.3, -0.25) is 0 Å². The van der Waals surface area contributed by atoms with Crippen molar-refractivity contribution in [3.05, 3.63) is 71.7 Å². The third-order valence-electron chi connectivity index (χ3n) is 10.7. The van der Waals surface area contributed by atoms with Gasteiger partial charge in [0, 0.05) is 24.7 Å². The Morgan fingerprint density at radius 2 is 1.82 bits per heavy atom. The zero-order chi connectivity index (χ0) is 32.4. The van der Waals surface area contributed by atoms with Gasteiger partial charge in [-0.25, -0.2) is 4.79 Å². The maximum atomic E-state index is 14.5. The van der Waals surface area contributed by atoms with Gasteiger partial charge in [-0.2, -0.15) is 13.2 Å². The third kappa shape index (κ3) is 6.51. The van der Waals surface area contributed by atoms with Crippen LogP contribution in [0.25, 0.3) is 0 Å². The van der Waals surface area contributed by atoms with Crippen LogP contribution in [-0.4, -0.2) is 41.7 Å². The van der Waals surface area contributed by atoms with Crippen molar-refractivity contribution in [3.63, 3.8) is 0 Å². The van der Waals surface area contributed by atoms with Gasteiger partial charge in [0.05, 0.1) is 24.7 Å². The van der Waals surface area contributed by atoms with Gasteiger partial charge in [-0.05, 0) is 79.8 Å². The number of benzene rings is 1. The summed E-state index contributed by atoms with van der Waals surface area (Å²) in [4.78, 5) is 13.4. The van der Waals surface area contributed by atoms with E-state index in [1.54, 1.807) is 12.1 Å². The molecule has 0 aliphatic heterocycles. The van der Waals surface area contributed by atoms with E-state index < -0.39 is 35.0 Å². The first kappa shape index (κ1) is 34.3. The van der Waals surface area contributed by atoms with Gasteiger partial charge in [-0.1, -0.05) is 63.6 Å². The molecule has 2 saturated carbocycles. The molecular formula is C35H47F3O6. The molecule has 6 nitrogen and oxygen atoms in total. The minimum Gasteiger partial charge on any atom is -0.472 e. The molecule has 0 unspecified atom stereocenters. The van der Waals surface area contributed by atoms with Crippen molar-refractivity contribution in [1.29, 1.82) is 0 Å². The molecule has 0 amide bonds. The lowest BCUT2D eigenvalue weighted by Gasteiger charge is -2.61. The van der Waals surface area contributed by atoms with Crippen molar-refractivity contribution in [2.75, 3.05) is 13.7 Å². The second-order valence-electron chi connectivity index (χ2n) is 13.8. The summed E-state index contributed by atoms with van der Waals surface area (Å²) in [5.74, 6) is -1.09. The maximum absolute atomic E-state index is 14.5. The zero-order valence-corrected chi connectivity index (χ0v) is 26.5. The van der Waals surface area contributed by atoms with Gasteiger partial charge in [0.1, 0.15) is 6.10 Å². The van der Waals surface area contributed by atoms with Gasteiger partial charge < -0.3 is 24.1 Å². The van der Waals surface area contributed by atoms with Crippen molar-refractivity contribution in [2.45, 2.75) is 103 Å². The van der Waals surface area contributed by atoms with E-state index in [4.69, 9.17) is 13.9 Å². The number of methoxy groups -OCH3 is 1. The summed E-state index contributed by atoms with van der Waals surface area (Å²) in [6.07, 6.45) is 4.36. The van der Waals surface area contributed by atoms with E-state index in [9.17, 15) is 28.2 Å². The molecule has 2 aliphatic rings. The lowest BCUT2D eigenvalue weighted by molar-refractivity contribution is -0.278. The summed E-state index contributed by atoms with van der Waals surface area (Å²) in [6.45, 7) is 8.63. The number of alkyl halides is 3. The van der Waals surface area contributed by atoms with Crippen molar-refractivity contribution in [2.24, 2.45) is 22.7 Å². The molecule has 2 fully saturated rings. The van der Waals surface area contributed by atoms with E-state index in [1.165, 1.54) is 49.3 Å². The molecule has 2 aromatic rings. The molecule has 0 spiro atoms. The summed E-state index contributed by atoms with van der Waals surface area (Å²) in [6, 6.07) is 8.21. The van der Waals surface area contributed by atoms with Crippen LogP contribution in [-0.2, 0) is 19.9 Å². The summed E-state index contributed by atoms with van der Waals surface area (Å²) < 4.78 is 59.1. The molecule has 1 aromatic carbocycles. The Morgan fingerprint density at radius 3 is 2.41 bits per heavy atom. The number of ether oxygens (including phenoxy) is 2. The molecule has 244 valence electrons. The van der Waals surface area contributed by atoms with E-state index in [0.717, 1.165) is 32.8 Å². The predicted molar refractivity (Wildman–Crippen MR) is 160 cm³/mol. The minimum atomic E-state index is -5.11. The highest BCUT2D eigenvalue weighted by Crippen LogP contribution is 2.63. The standard InChI is InChI=1S/C35H47F3O6/c1-31(2)18-9-19-32(3)28(31)16-20-33(4,41)29(32)15-13-24(22-39)12-14-27(25-17-21-43-23-25)44-30(40)34(42-5,35(36,37)38)26-10-7-6-8-11-26/h6-8,10-12,17,21,23,27-29,39,41H,9,13-16,18-20,22H2,1-5H3/b24-12-/t27-,28+,29-,32+,33-,34-/m1/s1. The average molecular weight is 621 g/mol. The Labute approximate surface area is 258 Å². The Bertz CT molecular complexity index is 1270. The van der Waals surface area contributed by atoms with Crippen LogP contribution in [0.15, 0.2) is 65.0 Å². The normalized spacial score (nSPS) is 29.4. The summed E-state index contributed by atoms with van der Waals surface area (Å²) in [5.41, 5.74) is -3.37. The fraction of sp³-hybridized carbons (Fsp3) is 0.629. The highest BCUT2D eigenvalue weighted by atomic mass is 19.4. The van der Waals surface area contributed by atoms with Crippen molar-refractivity contribution in [3.8, 4) is 0 Å². The minimum absolute atomic E-state index is 0.0155. The highest BCUT2D eigenvalue weighted by molar-refractivity contribution is 5.83. The fourth-order valence-electron chi connectivity index (χ4n) is 8.42. The molecular weight excluding hydrogens is 573 g/mol. The van der Waals surface area contributed by atoms with Gasteiger partial charge in [0.2, 0.25) is 0 Å². The Hall–Kier alpha value is -2.62. The van der Waals surface area contributed by atoms with E-state index in [0.29, 0.717) is 29.9 Å². The van der Waals surface area contributed by atoms with Gasteiger partial charge in [0.15, 0.2) is 0 Å². The third-order valence-corrected chi connectivity index (χ3v) is 10.7. The largest absolute Gasteiger partial charge is 0.472 e. The summed E-state index contributed by atoms with van der Waals surface area (Å²) in [7, 11) is 0.830. The van der Waals surface area contributed by atoms with Gasteiger partial charge >= 0.3 is 12.1 Å². The van der Waals surface area contributed by atoms with Crippen molar-refractivity contribution in [1.82, 2.24) is 0 Å². The van der Waals surface area contributed by atoms with Crippen LogP contribution in [0, 0.1) is 22.7 Å². The van der Waals surface area contributed by atoms with Crippen LogP contribution in [0.5, 0.6) is 0 Å². The monoisotopic (exact) mass is 620 g/mol. The number of hydrogen-bond acceptors (Lipinski definition) is 6. The molecule has 2 N–H and O–H groups in total. The smallest absolute Gasteiger partial charge is 0.432 e. The first-order chi connectivity index (χ1) is 20.6. The quantitative estimate of drug-likeness (QED) is 0.195. The molecule has 9 heteroatoms. The lowest BCUT2D eigenvalue weighted by atomic mass is 9.45. The second kappa shape index (κ2) is 13.0. The molecule has 4 rings (SSSR count). The SMILES string of the molecule is CO[C@@](C(=O)O[C@H](C/C=C(\CO)CC[C@@H]1[C@@]2(C)CCCC(C)(C)[C@@H]2CC[C@@]1(C)O)c1ccoc1)(c1ccccc1)C(F)(F)F. The van der Waals surface area contributed by atoms with E-state index in [-0.39, 0.29) is 29.8 Å². The molecule has 0 saturated heterocycles. The number of aliphatic hydroxyl groups is 2. The first-order valence-corrected chi connectivity index (χ1v) is 15.5. The Balaban J connectivity index is 1.56. The molecule has 0 bridgehead atoms. The molecule has 6 atom stereocenters. The van der Waals surface area contributed by atoms with Gasteiger partial charge in [0.25, 0.3) is 5.60 Å².